The van der Waals surface area contributed by atoms with E-state index in [2.05, 4.69) is 16.8 Å². The Morgan fingerprint density at radius 2 is 2.06 bits per heavy atom. The van der Waals surface area contributed by atoms with E-state index in [1.807, 2.05) is 6.08 Å². The Morgan fingerprint density at radius 1 is 1.33 bits per heavy atom. The molecule has 0 aromatic heterocycles. The van der Waals surface area contributed by atoms with Crippen LogP contribution in [-0.4, -0.2) is 41.3 Å². The molecule has 0 amide bonds. The van der Waals surface area contributed by atoms with Crippen LogP contribution < -0.4 is 5.32 Å². The summed E-state index contributed by atoms with van der Waals surface area (Å²) in [6, 6.07) is 4.77. The number of hydrogen-bond acceptors (Lipinski definition) is 4. The summed E-state index contributed by atoms with van der Waals surface area (Å²) < 4.78 is 0. The van der Waals surface area contributed by atoms with E-state index in [4.69, 9.17) is 0 Å². The van der Waals surface area contributed by atoms with Crippen LogP contribution in [0.5, 0.6) is 11.5 Å². The predicted molar refractivity (Wildman–Crippen MR) is 71.8 cm³/mol. The molecule has 0 unspecified atom stereocenters. The highest BCUT2D eigenvalue weighted by molar-refractivity contribution is 5.41. The van der Waals surface area contributed by atoms with Crippen LogP contribution in [0.3, 0.4) is 0 Å². The fourth-order valence-corrected chi connectivity index (χ4v) is 2.43. The van der Waals surface area contributed by atoms with Crippen molar-refractivity contribution < 1.29 is 10.2 Å². The normalized spacial score (nSPS) is 18.4. The van der Waals surface area contributed by atoms with Gasteiger partial charge in [0.25, 0.3) is 0 Å². The number of nitrogens with one attached hydrogen (secondary N) is 1. The molecular formula is C14H20N2O2. The van der Waals surface area contributed by atoms with E-state index in [0.717, 1.165) is 38.2 Å². The van der Waals surface area contributed by atoms with Crippen LogP contribution >= 0.6 is 0 Å². The first-order valence-electron chi connectivity index (χ1n) is 6.30. The van der Waals surface area contributed by atoms with Crippen LogP contribution in [0.2, 0.25) is 0 Å². The fraction of sp³-hybridized carbons (Fsp3) is 0.429. The van der Waals surface area contributed by atoms with Crippen molar-refractivity contribution in [3.8, 4) is 11.5 Å². The van der Waals surface area contributed by atoms with Gasteiger partial charge in [-0.15, -0.1) is 6.58 Å². The van der Waals surface area contributed by atoms with Gasteiger partial charge >= 0.3 is 0 Å². The minimum atomic E-state index is 0.0803. The highest BCUT2D eigenvalue weighted by Gasteiger charge is 2.23. The van der Waals surface area contributed by atoms with Crippen LogP contribution in [0.4, 0.5) is 0 Å². The summed E-state index contributed by atoms with van der Waals surface area (Å²) in [4.78, 5) is 2.31. The first-order chi connectivity index (χ1) is 8.72. The summed E-state index contributed by atoms with van der Waals surface area (Å²) in [6.45, 7) is 7.57. The van der Waals surface area contributed by atoms with Gasteiger partial charge in [-0.05, 0) is 24.6 Å². The highest BCUT2D eigenvalue weighted by Crippen LogP contribution is 2.34. The van der Waals surface area contributed by atoms with E-state index in [1.54, 1.807) is 12.1 Å². The molecule has 0 saturated carbocycles. The third-order valence-electron chi connectivity index (χ3n) is 3.35. The molecule has 1 fully saturated rings. The molecule has 4 nitrogen and oxygen atoms in total. The first kappa shape index (κ1) is 12.9. The lowest BCUT2D eigenvalue weighted by Gasteiger charge is -2.35. The molecular weight excluding hydrogens is 228 g/mol. The second-order valence-electron chi connectivity index (χ2n) is 4.57. The summed E-state index contributed by atoms with van der Waals surface area (Å²) in [5, 5.41) is 22.9. The molecule has 3 N–H and O–H groups in total. The van der Waals surface area contributed by atoms with E-state index in [1.165, 1.54) is 6.07 Å². The van der Waals surface area contributed by atoms with E-state index in [-0.39, 0.29) is 17.5 Å². The number of nitrogens with zero attached hydrogens (tertiary/aromatic N) is 1. The Bertz CT molecular complexity index is 414. The Balaban J connectivity index is 2.27. The third kappa shape index (κ3) is 2.83. The second-order valence-corrected chi connectivity index (χ2v) is 4.57. The van der Waals surface area contributed by atoms with Gasteiger partial charge in [-0.1, -0.05) is 6.08 Å². The van der Waals surface area contributed by atoms with Crippen molar-refractivity contribution in [2.24, 2.45) is 0 Å². The van der Waals surface area contributed by atoms with Gasteiger partial charge in [0, 0.05) is 37.8 Å². The van der Waals surface area contributed by atoms with E-state index in [9.17, 15) is 10.2 Å². The minimum Gasteiger partial charge on any atom is -0.508 e. The average molecular weight is 248 g/mol. The average Bonchev–Trinajstić information content (AvgIpc) is 2.40. The zero-order valence-corrected chi connectivity index (χ0v) is 10.5. The van der Waals surface area contributed by atoms with Crippen LogP contribution in [0.1, 0.15) is 18.0 Å². The molecule has 1 atom stereocenters. The highest BCUT2D eigenvalue weighted by atomic mass is 16.3. The number of benzene rings is 1. The van der Waals surface area contributed by atoms with Gasteiger partial charge < -0.3 is 15.5 Å². The van der Waals surface area contributed by atoms with Crippen molar-refractivity contribution >= 4 is 0 Å². The van der Waals surface area contributed by atoms with Gasteiger partial charge in [-0.2, -0.15) is 0 Å². The van der Waals surface area contributed by atoms with Crippen molar-refractivity contribution in [1.29, 1.82) is 0 Å². The van der Waals surface area contributed by atoms with E-state index < -0.39 is 0 Å². The van der Waals surface area contributed by atoms with Gasteiger partial charge in [-0.25, -0.2) is 0 Å². The zero-order chi connectivity index (χ0) is 13.0. The number of aromatic hydroxyl groups is 2. The van der Waals surface area contributed by atoms with Gasteiger partial charge in [0.2, 0.25) is 0 Å². The van der Waals surface area contributed by atoms with Crippen molar-refractivity contribution in [2.45, 2.75) is 12.5 Å². The molecule has 1 aliphatic rings. The van der Waals surface area contributed by atoms with Crippen LogP contribution in [-0.2, 0) is 0 Å². The fourth-order valence-electron chi connectivity index (χ4n) is 2.43. The maximum atomic E-state index is 9.97. The number of rotatable bonds is 4. The first-order valence-corrected chi connectivity index (χ1v) is 6.30. The Hall–Kier alpha value is -1.52. The van der Waals surface area contributed by atoms with Crippen LogP contribution in [0.15, 0.2) is 30.9 Å². The zero-order valence-electron chi connectivity index (χ0n) is 10.5. The van der Waals surface area contributed by atoms with Crippen molar-refractivity contribution in [3.05, 3.63) is 36.4 Å². The predicted octanol–water partition coefficient (Wildman–Crippen LogP) is 1.62. The Labute approximate surface area is 108 Å². The van der Waals surface area contributed by atoms with Crippen molar-refractivity contribution in [1.82, 2.24) is 10.2 Å². The maximum Gasteiger partial charge on any atom is 0.120 e. The van der Waals surface area contributed by atoms with Crippen LogP contribution in [0, 0.1) is 0 Å². The minimum absolute atomic E-state index is 0.0803. The third-order valence-corrected chi connectivity index (χ3v) is 3.35. The number of phenolic OH excluding ortho intramolecular Hbond substituents is 2. The molecule has 1 saturated heterocycles. The van der Waals surface area contributed by atoms with Gasteiger partial charge in [0.05, 0.1) is 0 Å². The smallest absolute Gasteiger partial charge is 0.120 e. The summed E-state index contributed by atoms with van der Waals surface area (Å²) in [7, 11) is 0. The summed E-state index contributed by atoms with van der Waals surface area (Å²) >= 11 is 0. The topological polar surface area (TPSA) is 55.7 Å². The molecule has 0 spiro atoms. The number of phenols is 2. The summed E-state index contributed by atoms with van der Waals surface area (Å²) in [5.74, 6) is 0.421. The molecule has 1 heterocycles. The molecule has 2 rings (SSSR count). The molecule has 18 heavy (non-hydrogen) atoms. The van der Waals surface area contributed by atoms with Gasteiger partial charge in [-0.3, -0.25) is 4.90 Å². The van der Waals surface area contributed by atoms with Gasteiger partial charge in [0.15, 0.2) is 0 Å². The Kier molecular flexibility index (Phi) is 4.23. The molecule has 0 bridgehead atoms. The standard InChI is InChI=1S/C14H20N2O2/c1-2-3-13(16-8-6-15-7-9-16)12-10-11(17)4-5-14(12)18/h2,4-5,10,13,15,17-18H,1,3,6-9H2/t13-/m0/s1. The maximum absolute atomic E-state index is 9.97. The SMILES string of the molecule is C=CC[C@@H](c1cc(O)ccc1O)N1CCNCC1. The van der Waals surface area contributed by atoms with E-state index >= 15 is 0 Å². The summed E-state index contributed by atoms with van der Waals surface area (Å²) in [5.41, 5.74) is 0.775. The van der Waals surface area contributed by atoms with E-state index in [0.29, 0.717) is 0 Å². The number of piperazine rings is 1. The lowest BCUT2D eigenvalue weighted by Crippen LogP contribution is -2.45. The quantitative estimate of drug-likeness (QED) is 0.560. The lowest BCUT2D eigenvalue weighted by molar-refractivity contribution is 0.171. The molecule has 1 aromatic rings. The summed E-state index contributed by atoms with van der Waals surface area (Å²) in [6.07, 6.45) is 2.62. The number of hydrogen-bond donors (Lipinski definition) is 3. The Morgan fingerprint density at radius 3 is 2.72 bits per heavy atom. The van der Waals surface area contributed by atoms with Crippen LogP contribution in [0.25, 0.3) is 0 Å². The lowest BCUT2D eigenvalue weighted by atomic mass is 10.00. The second kappa shape index (κ2) is 5.89. The molecule has 4 heteroatoms. The largest absolute Gasteiger partial charge is 0.508 e. The molecule has 1 aromatic carbocycles. The van der Waals surface area contributed by atoms with Crippen molar-refractivity contribution in [3.63, 3.8) is 0 Å². The van der Waals surface area contributed by atoms with Crippen molar-refractivity contribution in [2.75, 3.05) is 26.2 Å². The molecule has 0 aliphatic carbocycles. The molecule has 0 radical (unpaired) electrons. The van der Waals surface area contributed by atoms with Gasteiger partial charge in [0.1, 0.15) is 11.5 Å². The molecule has 98 valence electrons. The monoisotopic (exact) mass is 248 g/mol. The molecule has 1 aliphatic heterocycles.